The Balaban J connectivity index is 2.33. The van der Waals surface area contributed by atoms with Crippen molar-refractivity contribution in [3.05, 3.63) is 22.8 Å². The lowest BCUT2D eigenvalue weighted by Crippen LogP contribution is -2.07. The van der Waals surface area contributed by atoms with Crippen molar-refractivity contribution in [2.45, 2.75) is 24.2 Å². The van der Waals surface area contributed by atoms with E-state index in [0.717, 1.165) is 12.3 Å². The van der Waals surface area contributed by atoms with Gasteiger partial charge in [0.2, 0.25) is 0 Å². The molecule has 0 N–H and O–H groups in total. The predicted octanol–water partition coefficient (Wildman–Crippen LogP) is 3.80. The van der Waals surface area contributed by atoms with E-state index in [1.807, 2.05) is 6.07 Å². The largest absolute Gasteiger partial charge is 0.417 e. The summed E-state index contributed by atoms with van der Waals surface area (Å²) in [5, 5.41) is 16.2. The van der Waals surface area contributed by atoms with E-state index >= 15 is 0 Å². The smallest absolute Gasteiger partial charge is 0.276 e. The molecule has 0 atom stereocenters. The molecule has 0 spiro atoms. The predicted molar refractivity (Wildman–Crippen MR) is 68.6 cm³/mol. The van der Waals surface area contributed by atoms with E-state index in [9.17, 15) is 13.2 Å². The average Bonchev–Trinajstić information content (AvgIpc) is 2.77. The van der Waals surface area contributed by atoms with Crippen LogP contribution >= 0.6 is 23.4 Å². The van der Waals surface area contributed by atoms with Gasteiger partial charge in [-0.1, -0.05) is 23.4 Å². The molecule has 0 aromatic carbocycles. The average molecular weight is 321 g/mol. The van der Waals surface area contributed by atoms with Gasteiger partial charge in [0.05, 0.1) is 16.7 Å². The maximum absolute atomic E-state index is 12.7. The number of halogens is 4. The Kier molecular flexibility index (Phi) is 4.40. The van der Waals surface area contributed by atoms with Crippen molar-refractivity contribution in [3.63, 3.8) is 0 Å². The highest BCUT2D eigenvalue weighted by molar-refractivity contribution is 7.99. The summed E-state index contributed by atoms with van der Waals surface area (Å²) in [4.78, 5) is 0. The number of rotatable bonds is 4. The second-order valence-electron chi connectivity index (χ2n) is 3.86. The number of unbranched alkanes of at least 4 members (excludes halogenated alkanes) is 1. The molecule has 2 aromatic heterocycles. The maximum Gasteiger partial charge on any atom is 0.417 e. The van der Waals surface area contributed by atoms with Gasteiger partial charge in [0.15, 0.2) is 10.8 Å². The monoisotopic (exact) mass is 320 g/mol. The van der Waals surface area contributed by atoms with Crippen molar-refractivity contribution in [1.29, 1.82) is 5.26 Å². The van der Waals surface area contributed by atoms with Crippen molar-refractivity contribution in [1.82, 2.24) is 14.6 Å². The molecule has 9 heteroatoms. The molecule has 4 nitrogen and oxygen atoms in total. The molecule has 0 unspecified atom stereocenters. The summed E-state index contributed by atoms with van der Waals surface area (Å²) in [5.74, 6) is 0.572. The minimum atomic E-state index is -4.48. The Hall–Kier alpha value is -1.46. The Morgan fingerprint density at radius 2 is 2.15 bits per heavy atom. The number of nitriles is 1. The quantitative estimate of drug-likeness (QED) is 0.635. The lowest BCUT2D eigenvalue weighted by Gasteiger charge is -2.08. The number of nitrogens with zero attached hydrogens (tertiary/aromatic N) is 4. The van der Waals surface area contributed by atoms with Crippen LogP contribution in [-0.2, 0) is 6.18 Å². The Morgan fingerprint density at radius 1 is 1.40 bits per heavy atom. The normalized spacial score (nSPS) is 11.8. The van der Waals surface area contributed by atoms with Gasteiger partial charge in [-0.15, -0.1) is 10.2 Å². The van der Waals surface area contributed by atoms with Crippen LogP contribution in [0.2, 0.25) is 5.02 Å². The van der Waals surface area contributed by atoms with Crippen LogP contribution in [0.25, 0.3) is 5.65 Å². The summed E-state index contributed by atoms with van der Waals surface area (Å²) in [6.07, 6.45) is -2.54. The third-order valence-corrected chi connectivity index (χ3v) is 3.73. The van der Waals surface area contributed by atoms with Crippen molar-refractivity contribution in [2.24, 2.45) is 0 Å². The van der Waals surface area contributed by atoms with Crippen LogP contribution < -0.4 is 0 Å². The second-order valence-corrected chi connectivity index (χ2v) is 5.33. The lowest BCUT2D eigenvalue weighted by molar-refractivity contribution is -0.137. The summed E-state index contributed by atoms with van der Waals surface area (Å²) < 4.78 is 39.4. The van der Waals surface area contributed by atoms with E-state index < -0.39 is 11.7 Å². The lowest BCUT2D eigenvalue weighted by atomic mass is 10.3. The summed E-state index contributed by atoms with van der Waals surface area (Å²) in [5.41, 5.74) is -0.670. The Labute approximate surface area is 121 Å². The van der Waals surface area contributed by atoms with Gasteiger partial charge in [-0.25, -0.2) is 0 Å². The highest BCUT2D eigenvalue weighted by Gasteiger charge is 2.32. The van der Waals surface area contributed by atoms with Crippen LogP contribution in [0.5, 0.6) is 0 Å². The Morgan fingerprint density at radius 3 is 2.80 bits per heavy atom. The molecule has 0 radical (unpaired) electrons. The van der Waals surface area contributed by atoms with E-state index in [-0.39, 0.29) is 10.7 Å². The van der Waals surface area contributed by atoms with E-state index in [1.54, 1.807) is 0 Å². The maximum atomic E-state index is 12.7. The molecule has 2 aromatic rings. The van der Waals surface area contributed by atoms with E-state index in [4.69, 9.17) is 16.9 Å². The molecule has 0 bridgehead atoms. The first-order chi connectivity index (χ1) is 9.43. The zero-order valence-electron chi connectivity index (χ0n) is 9.98. The highest BCUT2D eigenvalue weighted by Crippen LogP contribution is 2.33. The molecule has 0 saturated carbocycles. The van der Waals surface area contributed by atoms with Gasteiger partial charge >= 0.3 is 6.18 Å². The first-order valence-electron chi connectivity index (χ1n) is 5.54. The number of pyridine rings is 1. The molecule has 0 fully saturated rings. The molecule has 0 aliphatic rings. The minimum absolute atomic E-state index is 0.101. The van der Waals surface area contributed by atoms with Gasteiger partial charge in [-0.05, 0) is 12.5 Å². The van der Waals surface area contributed by atoms with Gasteiger partial charge in [0, 0.05) is 18.4 Å². The van der Waals surface area contributed by atoms with E-state index in [1.165, 1.54) is 16.2 Å². The summed E-state index contributed by atoms with van der Waals surface area (Å²) >= 11 is 7.03. The highest BCUT2D eigenvalue weighted by atomic mass is 35.5. The molecule has 0 aliphatic carbocycles. The van der Waals surface area contributed by atoms with Gasteiger partial charge in [0.25, 0.3) is 0 Å². The molecule has 0 saturated heterocycles. The topological polar surface area (TPSA) is 54.0 Å². The van der Waals surface area contributed by atoms with Crippen LogP contribution in [0.3, 0.4) is 0 Å². The molecule has 2 heterocycles. The van der Waals surface area contributed by atoms with Gasteiger partial charge in [0.1, 0.15) is 0 Å². The van der Waals surface area contributed by atoms with E-state index in [2.05, 4.69) is 10.2 Å². The number of fused-ring (bicyclic) bond motifs is 1. The zero-order valence-corrected chi connectivity index (χ0v) is 11.6. The second kappa shape index (κ2) is 5.89. The number of alkyl halides is 3. The molecular weight excluding hydrogens is 313 g/mol. The van der Waals surface area contributed by atoms with Crippen LogP contribution in [0.15, 0.2) is 17.4 Å². The molecule has 20 heavy (non-hydrogen) atoms. The number of hydrogen-bond donors (Lipinski definition) is 0. The van der Waals surface area contributed by atoms with Crippen molar-refractivity contribution >= 4 is 29.0 Å². The first-order valence-corrected chi connectivity index (χ1v) is 6.91. The third-order valence-electron chi connectivity index (χ3n) is 2.42. The number of aromatic nitrogens is 3. The molecular formula is C11H8ClF3N4S. The summed E-state index contributed by atoms with van der Waals surface area (Å²) in [6, 6.07) is 2.83. The molecule has 106 valence electrons. The summed E-state index contributed by atoms with van der Waals surface area (Å²) in [6.45, 7) is 0. The van der Waals surface area contributed by atoms with Crippen LogP contribution in [0, 0.1) is 11.3 Å². The van der Waals surface area contributed by atoms with Crippen LogP contribution in [-0.4, -0.2) is 20.4 Å². The molecule has 2 rings (SSSR count). The fourth-order valence-corrected chi connectivity index (χ4v) is 2.60. The first kappa shape index (κ1) is 14.9. The minimum Gasteiger partial charge on any atom is -0.276 e. The van der Waals surface area contributed by atoms with Gasteiger partial charge < -0.3 is 0 Å². The SMILES string of the molecule is N#CCCCSc1nnc2c(Cl)cc(C(F)(F)F)cn12. The standard InChI is InChI=1S/C11H8ClF3N4S/c12-8-5-7(11(13,14)15)6-19-9(8)17-18-10(19)20-4-2-1-3-16/h5-6H,1-2,4H2. The zero-order chi connectivity index (χ0) is 14.8. The number of hydrogen-bond acceptors (Lipinski definition) is 4. The Bertz CT molecular complexity index is 662. The van der Waals surface area contributed by atoms with Gasteiger partial charge in [-0.2, -0.15) is 18.4 Å². The number of thioether (sulfide) groups is 1. The molecule has 0 aliphatic heterocycles. The fourth-order valence-electron chi connectivity index (χ4n) is 1.50. The van der Waals surface area contributed by atoms with Crippen molar-refractivity contribution in [3.8, 4) is 6.07 Å². The third kappa shape index (κ3) is 3.16. The summed E-state index contributed by atoms with van der Waals surface area (Å²) in [7, 11) is 0. The van der Waals surface area contributed by atoms with Gasteiger partial charge in [-0.3, -0.25) is 4.40 Å². The fraction of sp³-hybridized carbons (Fsp3) is 0.364. The van der Waals surface area contributed by atoms with Crippen LogP contribution in [0.4, 0.5) is 13.2 Å². The van der Waals surface area contributed by atoms with Crippen molar-refractivity contribution < 1.29 is 13.2 Å². The van der Waals surface area contributed by atoms with E-state index in [0.29, 0.717) is 23.8 Å². The van der Waals surface area contributed by atoms with Crippen molar-refractivity contribution in [2.75, 3.05) is 5.75 Å². The molecule has 0 amide bonds. The van der Waals surface area contributed by atoms with Crippen LogP contribution in [0.1, 0.15) is 18.4 Å².